The van der Waals surface area contributed by atoms with Gasteiger partial charge in [-0.3, -0.25) is 14.6 Å². The van der Waals surface area contributed by atoms with E-state index < -0.39 is 17.8 Å². The molecule has 0 aliphatic heterocycles. The van der Waals surface area contributed by atoms with Crippen LogP contribution in [0.25, 0.3) is 11.1 Å². The quantitative estimate of drug-likeness (QED) is 0.539. The van der Waals surface area contributed by atoms with Crippen LogP contribution in [0.2, 0.25) is 0 Å². The molecule has 0 bridgehead atoms. The SMILES string of the molecule is CNC(=O)CNC(=O)c1ccc(-c2cc(C)cc(Nc3nccc(C(F)(F)F)n3)c2)cn1. The van der Waals surface area contributed by atoms with Gasteiger partial charge in [0.05, 0.1) is 6.54 Å². The number of carbonyl (C=O) groups excluding carboxylic acids is 2. The number of aromatic nitrogens is 3. The third-order valence-electron chi connectivity index (χ3n) is 4.30. The number of benzene rings is 1. The van der Waals surface area contributed by atoms with Crippen molar-refractivity contribution in [3.8, 4) is 11.1 Å². The molecule has 166 valence electrons. The summed E-state index contributed by atoms with van der Waals surface area (Å²) in [4.78, 5) is 34.8. The van der Waals surface area contributed by atoms with E-state index in [2.05, 4.69) is 30.9 Å². The number of rotatable bonds is 6. The molecule has 0 saturated carbocycles. The molecule has 32 heavy (non-hydrogen) atoms. The average Bonchev–Trinajstić information content (AvgIpc) is 2.76. The molecule has 3 aromatic rings. The summed E-state index contributed by atoms with van der Waals surface area (Å²) in [6.07, 6.45) is -2.04. The van der Waals surface area contributed by atoms with Crippen LogP contribution in [0.1, 0.15) is 21.7 Å². The van der Waals surface area contributed by atoms with Crippen molar-refractivity contribution in [3.63, 3.8) is 0 Å². The minimum absolute atomic E-state index is 0.140. The number of anilines is 2. The van der Waals surface area contributed by atoms with E-state index in [1.54, 1.807) is 18.2 Å². The lowest BCUT2D eigenvalue weighted by molar-refractivity contribution is -0.141. The number of halogens is 3. The molecule has 0 aliphatic carbocycles. The van der Waals surface area contributed by atoms with Crippen molar-refractivity contribution in [2.24, 2.45) is 0 Å². The molecule has 0 spiro atoms. The fourth-order valence-electron chi connectivity index (χ4n) is 2.77. The van der Waals surface area contributed by atoms with Crippen LogP contribution in [0.4, 0.5) is 24.8 Å². The molecule has 3 rings (SSSR count). The number of carbonyl (C=O) groups is 2. The second-order valence-electron chi connectivity index (χ2n) is 6.76. The van der Waals surface area contributed by atoms with E-state index in [4.69, 9.17) is 0 Å². The van der Waals surface area contributed by atoms with Crippen LogP contribution < -0.4 is 16.0 Å². The lowest BCUT2D eigenvalue weighted by Crippen LogP contribution is -2.35. The minimum Gasteiger partial charge on any atom is -0.358 e. The maximum absolute atomic E-state index is 12.9. The normalized spacial score (nSPS) is 11.0. The summed E-state index contributed by atoms with van der Waals surface area (Å²) in [5.41, 5.74) is 1.84. The second-order valence-corrected chi connectivity index (χ2v) is 6.76. The van der Waals surface area contributed by atoms with Crippen molar-refractivity contribution in [1.29, 1.82) is 0 Å². The van der Waals surface area contributed by atoms with Crippen LogP contribution >= 0.6 is 0 Å². The number of likely N-dealkylation sites (N-methyl/N-ethyl adjacent to an activating group) is 1. The summed E-state index contributed by atoms with van der Waals surface area (Å²) < 4.78 is 38.6. The first-order valence-corrected chi connectivity index (χ1v) is 9.40. The predicted octanol–water partition coefficient (Wildman–Crippen LogP) is 3.09. The third-order valence-corrected chi connectivity index (χ3v) is 4.30. The van der Waals surface area contributed by atoms with Crippen LogP contribution in [0.5, 0.6) is 0 Å². The molecule has 0 saturated heterocycles. The zero-order valence-electron chi connectivity index (χ0n) is 17.1. The van der Waals surface area contributed by atoms with Crippen LogP contribution in [0.15, 0.2) is 48.8 Å². The van der Waals surface area contributed by atoms with Gasteiger partial charge in [-0.1, -0.05) is 12.1 Å². The number of amides is 2. The van der Waals surface area contributed by atoms with Crippen LogP contribution in [-0.4, -0.2) is 40.4 Å². The third kappa shape index (κ3) is 5.78. The molecule has 0 unspecified atom stereocenters. The largest absolute Gasteiger partial charge is 0.433 e. The van der Waals surface area contributed by atoms with Crippen molar-refractivity contribution in [1.82, 2.24) is 25.6 Å². The Morgan fingerprint density at radius 3 is 2.47 bits per heavy atom. The lowest BCUT2D eigenvalue weighted by Gasteiger charge is -2.11. The highest BCUT2D eigenvalue weighted by Gasteiger charge is 2.32. The van der Waals surface area contributed by atoms with Crippen LogP contribution in [0, 0.1) is 6.92 Å². The molecule has 1 aromatic carbocycles. The smallest absolute Gasteiger partial charge is 0.358 e. The molecule has 0 atom stereocenters. The number of hydrogen-bond acceptors (Lipinski definition) is 6. The first kappa shape index (κ1) is 22.7. The molecular weight excluding hydrogens is 425 g/mol. The van der Waals surface area contributed by atoms with Gasteiger partial charge in [-0.15, -0.1) is 0 Å². The highest BCUT2D eigenvalue weighted by Crippen LogP contribution is 2.29. The molecule has 11 heteroatoms. The van der Waals surface area contributed by atoms with Crippen LogP contribution in [-0.2, 0) is 11.0 Å². The Kier molecular flexibility index (Phi) is 6.67. The summed E-state index contributed by atoms with van der Waals surface area (Å²) in [5.74, 6) is -1.01. The van der Waals surface area contributed by atoms with Gasteiger partial charge in [0.2, 0.25) is 11.9 Å². The van der Waals surface area contributed by atoms with Gasteiger partial charge in [0, 0.05) is 30.7 Å². The number of pyridine rings is 1. The highest BCUT2D eigenvalue weighted by atomic mass is 19.4. The summed E-state index contributed by atoms with van der Waals surface area (Å²) in [6.45, 7) is 1.67. The van der Waals surface area contributed by atoms with Crippen molar-refractivity contribution in [3.05, 3.63) is 65.7 Å². The average molecular weight is 444 g/mol. The maximum Gasteiger partial charge on any atom is 0.433 e. The van der Waals surface area contributed by atoms with Crippen molar-refractivity contribution >= 4 is 23.5 Å². The summed E-state index contributed by atoms with van der Waals surface area (Å²) in [6, 6.07) is 9.30. The first-order chi connectivity index (χ1) is 15.2. The molecule has 0 aliphatic rings. The monoisotopic (exact) mass is 444 g/mol. The van der Waals surface area contributed by atoms with Crippen LogP contribution in [0.3, 0.4) is 0 Å². The van der Waals surface area contributed by atoms with E-state index in [0.29, 0.717) is 11.3 Å². The molecule has 2 amide bonds. The fraction of sp³-hybridized carbons (Fsp3) is 0.190. The van der Waals surface area contributed by atoms with Gasteiger partial charge < -0.3 is 16.0 Å². The fourth-order valence-corrected chi connectivity index (χ4v) is 2.77. The van der Waals surface area contributed by atoms with Crippen molar-refractivity contribution < 1.29 is 22.8 Å². The molecule has 8 nitrogen and oxygen atoms in total. The van der Waals surface area contributed by atoms with Gasteiger partial charge in [0.25, 0.3) is 5.91 Å². The molecule has 0 radical (unpaired) electrons. The molecule has 3 N–H and O–H groups in total. The van der Waals surface area contributed by atoms with E-state index in [1.807, 2.05) is 13.0 Å². The van der Waals surface area contributed by atoms with E-state index in [-0.39, 0.29) is 24.1 Å². The van der Waals surface area contributed by atoms with Gasteiger partial charge >= 0.3 is 6.18 Å². The van der Waals surface area contributed by atoms with Crippen molar-refractivity contribution in [2.75, 3.05) is 18.9 Å². The highest BCUT2D eigenvalue weighted by molar-refractivity contribution is 5.95. The van der Waals surface area contributed by atoms with E-state index in [9.17, 15) is 22.8 Å². The summed E-state index contributed by atoms with van der Waals surface area (Å²) in [5, 5.41) is 7.63. The Morgan fingerprint density at radius 2 is 1.81 bits per heavy atom. The Morgan fingerprint density at radius 1 is 1.03 bits per heavy atom. The van der Waals surface area contributed by atoms with E-state index >= 15 is 0 Å². The summed E-state index contributed by atoms with van der Waals surface area (Å²) in [7, 11) is 1.46. The summed E-state index contributed by atoms with van der Waals surface area (Å²) >= 11 is 0. The van der Waals surface area contributed by atoms with Gasteiger partial charge in [-0.25, -0.2) is 9.97 Å². The number of aryl methyl sites for hydroxylation is 1. The first-order valence-electron chi connectivity index (χ1n) is 9.40. The van der Waals surface area contributed by atoms with Crippen molar-refractivity contribution in [2.45, 2.75) is 13.1 Å². The second kappa shape index (κ2) is 9.41. The number of nitrogens with zero attached hydrogens (tertiary/aromatic N) is 3. The van der Waals surface area contributed by atoms with Gasteiger partial charge in [-0.05, 0) is 42.3 Å². The topological polar surface area (TPSA) is 109 Å². The maximum atomic E-state index is 12.9. The molecule has 2 aromatic heterocycles. The van der Waals surface area contributed by atoms with E-state index in [1.165, 1.54) is 19.3 Å². The zero-order valence-corrected chi connectivity index (χ0v) is 17.1. The predicted molar refractivity (Wildman–Crippen MR) is 111 cm³/mol. The Hall–Kier alpha value is -4.02. The van der Waals surface area contributed by atoms with Gasteiger partial charge in [-0.2, -0.15) is 13.2 Å². The van der Waals surface area contributed by atoms with Gasteiger partial charge in [0.15, 0.2) is 0 Å². The van der Waals surface area contributed by atoms with E-state index in [0.717, 1.165) is 23.4 Å². The number of alkyl halides is 3. The zero-order chi connectivity index (χ0) is 23.3. The Balaban J connectivity index is 1.79. The molecule has 2 heterocycles. The Labute approximate surface area is 181 Å². The lowest BCUT2D eigenvalue weighted by atomic mass is 10.0. The molecule has 0 fully saturated rings. The standard InChI is InChI=1S/C21H19F3N6O2/c1-12-7-14(13-3-4-16(27-10-13)19(32)28-11-18(31)25-2)9-15(8-12)29-20-26-6-5-17(30-20)21(22,23)24/h3-10H,11H2,1-2H3,(H,25,31)(H,28,32)(H,26,29,30). The Bertz CT molecular complexity index is 1130. The number of hydrogen-bond donors (Lipinski definition) is 3. The molecular formula is C21H19F3N6O2. The number of nitrogens with one attached hydrogen (secondary N) is 3. The minimum atomic E-state index is -4.57. The van der Waals surface area contributed by atoms with Gasteiger partial charge in [0.1, 0.15) is 11.4 Å².